The van der Waals surface area contributed by atoms with Crippen molar-refractivity contribution in [1.29, 1.82) is 0 Å². The number of carbonyl (C=O) groups is 1. The van der Waals surface area contributed by atoms with Crippen LogP contribution in [0.3, 0.4) is 0 Å². The van der Waals surface area contributed by atoms with Crippen LogP contribution in [0.1, 0.15) is 37.0 Å². The van der Waals surface area contributed by atoms with Crippen LogP contribution < -0.4 is 4.31 Å². The number of anilines is 1. The Hall–Kier alpha value is -1.31. The predicted molar refractivity (Wildman–Crippen MR) is 97.7 cm³/mol. The highest BCUT2D eigenvalue weighted by molar-refractivity contribution is 7.92. The highest BCUT2D eigenvalue weighted by atomic mass is 35.5. The first-order valence-corrected chi connectivity index (χ1v) is 10.5. The van der Waals surface area contributed by atoms with E-state index in [9.17, 15) is 13.2 Å². The van der Waals surface area contributed by atoms with Crippen molar-refractivity contribution in [3.8, 4) is 0 Å². The van der Waals surface area contributed by atoms with Gasteiger partial charge in [-0.15, -0.1) is 0 Å². The topological polar surface area (TPSA) is 66.9 Å². The highest BCUT2D eigenvalue weighted by Crippen LogP contribution is 2.30. The normalized spacial score (nSPS) is 26.5. The SMILES string of the molecule is CC1COCC(C)N1C(=O)c1ccc(N2CCCCS2(=O)=O)cc1Cl. The second kappa shape index (κ2) is 7.13. The zero-order valence-corrected chi connectivity index (χ0v) is 16.0. The summed E-state index contributed by atoms with van der Waals surface area (Å²) in [6.07, 6.45) is 1.50. The van der Waals surface area contributed by atoms with Crippen LogP contribution >= 0.6 is 11.6 Å². The molecule has 6 nitrogen and oxygen atoms in total. The van der Waals surface area contributed by atoms with E-state index in [-0.39, 0.29) is 28.8 Å². The molecule has 2 aliphatic heterocycles. The number of benzene rings is 1. The molecule has 2 aliphatic rings. The molecule has 0 spiro atoms. The van der Waals surface area contributed by atoms with Crippen molar-refractivity contribution in [2.45, 2.75) is 38.8 Å². The lowest BCUT2D eigenvalue weighted by atomic mass is 10.1. The Bertz CT molecular complexity index is 758. The number of rotatable bonds is 2. The minimum atomic E-state index is -3.30. The number of halogens is 1. The Labute approximate surface area is 153 Å². The molecule has 138 valence electrons. The van der Waals surface area contributed by atoms with E-state index in [0.29, 0.717) is 37.4 Å². The van der Waals surface area contributed by atoms with Gasteiger partial charge < -0.3 is 9.64 Å². The van der Waals surface area contributed by atoms with Gasteiger partial charge in [0.25, 0.3) is 5.91 Å². The molecule has 0 N–H and O–H groups in total. The number of amides is 1. The van der Waals surface area contributed by atoms with Gasteiger partial charge in [0, 0.05) is 6.54 Å². The average molecular weight is 387 g/mol. The summed E-state index contributed by atoms with van der Waals surface area (Å²) < 4.78 is 31.3. The summed E-state index contributed by atoms with van der Waals surface area (Å²) in [6.45, 7) is 5.32. The number of hydrogen-bond donors (Lipinski definition) is 0. The van der Waals surface area contributed by atoms with Gasteiger partial charge in [0.15, 0.2) is 0 Å². The van der Waals surface area contributed by atoms with Gasteiger partial charge in [-0.3, -0.25) is 9.10 Å². The van der Waals surface area contributed by atoms with Crippen molar-refractivity contribution >= 4 is 33.2 Å². The molecule has 3 rings (SSSR count). The summed E-state index contributed by atoms with van der Waals surface area (Å²) >= 11 is 6.35. The first-order valence-electron chi connectivity index (χ1n) is 8.51. The van der Waals surface area contributed by atoms with Gasteiger partial charge in [0.05, 0.1) is 47.3 Å². The van der Waals surface area contributed by atoms with Crippen molar-refractivity contribution in [1.82, 2.24) is 4.90 Å². The van der Waals surface area contributed by atoms with Gasteiger partial charge in [0.2, 0.25) is 10.0 Å². The van der Waals surface area contributed by atoms with Gasteiger partial charge in [-0.25, -0.2) is 8.42 Å². The lowest BCUT2D eigenvalue weighted by molar-refractivity contribution is -0.0249. The number of ether oxygens (including phenoxy) is 1. The van der Waals surface area contributed by atoms with Crippen LogP contribution in [0, 0.1) is 0 Å². The van der Waals surface area contributed by atoms with Crippen LogP contribution in [0.25, 0.3) is 0 Å². The Morgan fingerprint density at radius 1 is 1.20 bits per heavy atom. The second-order valence-electron chi connectivity index (χ2n) is 6.71. The molecule has 0 aromatic heterocycles. The van der Waals surface area contributed by atoms with Gasteiger partial charge in [-0.1, -0.05) is 11.6 Å². The lowest BCUT2D eigenvalue weighted by Crippen LogP contribution is -2.52. The van der Waals surface area contributed by atoms with Crippen molar-refractivity contribution < 1.29 is 17.9 Å². The molecule has 2 saturated heterocycles. The van der Waals surface area contributed by atoms with Crippen LogP contribution in [0.15, 0.2) is 18.2 Å². The smallest absolute Gasteiger partial charge is 0.256 e. The maximum Gasteiger partial charge on any atom is 0.256 e. The van der Waals surface area contributed by atoms with Gasteiger partial charge >= 0.3 is 0 Å². The standard InChI is InChI=1S/C17H23ClN2O4S/c1-12-10-24-11-13(2)20(12)17(21)15-6-5-14(9-16(15)18)19-7-3-4-8-25(19,22)23/h5-6,9,12-13H,3-4,7-8,10-11H2,1-2H3. The Morgan fingerprint density at radius 3 is 2.48 bits per heavy atom. The minimum absolute atomic E-state index is 0.0329. The molecule has 0 bridgehead atoms. The fraction of sp³-hybridized carbons (Fsp3) is 0.588. The molecule has 1 aromatic rings. The van der Waals surface area contributed by atoms with Gasteiger partial charge in [-0.2, -0.15) is 0 Å². The van der Waals surface area contributed by atoms with Crippen molar-refractivity contribution in [3.63, 3.8) is 0 Å². The van der Waals surface area contributed by atoms with Crippen LogP contribution in [0.4, 0.5) is 5.69 Å². The molecule has 8 heteroatoms. The second-order valence-corrected chi connectivity index (χ2v) is 9.13. The van der Waals surface area contributed by atoms with Crippen LogP contribution in [0.5, 0.6) is 0 Å². The molecule has 0 aliphatic carbocycles. The number of carbonyl (C=O) groups excluding carboxylic acids is 1. The maximum absolute atomic E-state index is 12.9. The maximum atomic E-state index is 12.9. The third kappa shape index (κ3) is 3.64. The molecule has 25 heavy (non-hydrogen) atoms. The lowest BCUT2D eigenvalue weighted by Gasteiger charge is -2.39. The van der Waals surface area contributed by atoms with Crippen LogP contribution in [-0.2, 0) is 14.8 Å². The van der Waals surface area contributed by atoms with E-state index >= 15 is 0 Å². The average Bonchev–Trinajstić information content (AvgIpc) is 2.54. The third-order valence-electron chi connectivity index (χ3n) is 4.72. The molecule has 1 amide bonds. The molecule has 2 fully saturated rings. The Kier molecular flexibility index (Phi) is 5.27. The largest absolute Gasteiger partial charge is 0.377 e. The number of morpholine rings is 1. The summed E-state index contributed by atoms with van der Waals surface area (Å²) in [5.74, 6) is -0.00459. The van der Waals surface area contributed by atoms with Crippen molar-refractivity contribution in [2.24, 2.45) is 0 Å². The summed E-state index contributed by atoms with van der Waals surface area (Å²) in [5, 5.41) is 0.272. The summed E-state index contributed by atoms with van der Waals surface area (Å²) in [6, 6.07) is 4.80. The van der Waals surface area contributed by atoms with E-state index in [0.717, 1.165) is 6.42 Å². The fourth-order valence-electron chi connectivity index (χ4n) is 3.46. The van der Waals surface area contributed by atoms with Crippen LogP contribution in [0.2, 0.25) is 5.02 Å². The molecule has 2 unspecified atom stereocenters. The summed E-state index contributed by atoms with van der Waals surface area (Å²) in [7, 11) is -3.30. The van der Waals surface area contributed by atoms with E-state index in [1.807, 2.05) is 13.8 Å². The Balaban J connectivity index is 1.88. The third-order valence-corrected chi connectivity index (χ3v) is 6.90. The van der Waals surface area contributed by atoms with Crippen molar-refractivity contribution in [2.75, 3.05) is 29.8 Å². The van der Waals surface area contributed by atoms with Crippen molar-refractivity contribution in [3.05, 3.63) is 28.8 Å². The zero-order valence-electron chi connectivity index (χ0n) is 14.4. The monoisotopic (exact) mass is 386 g/mol. The van der Waals surface area contributed by atoms with Gasteiger partial charge in [0.1, 0.15) is 0 Å². The fourth-order valence-corrected chi connectivity index (χ4v) is 5.34. The summed E-state index contributed by atoms with van der Waals surface area (Å²) in [4.78, 5) is 14.7. The predicted octanol–water partition coefficient (Wildman–Crippen LogP) is 2.52. The van der Waals surface area contributed by atoms with E-state index in [2.05, 4.69) is 0 Å². The minimum Gasteiger partial charge on any atom is -0.377 e. The van der Waals surface area contributed by atoms with E-state index < -0.39 is 10.0 Å². The summed E-state index contributed by atoms with van der Waals surface area (Å²) in [5.41, 5.74) is 0.907. The zero-order chi connectivity index (χ0) is 18.2. The highest BCUT2D eigenvalue weighted by Gasteiger charge is 2.32. The molecule has 2 heterocycles. The molecular weight excluding hydrogens is 364 g/mol. The Morgan fingerprint density at radius 2 is 1.88 bits per heavy atom. The molecule has 2 atom stereocenters. The van der Waals surface area contributed by atoms with E-state index in [1.54, 1.807) is 23.1 Å². The molecule has 0 radical (unpaired) electrons. The molecule has 0 saturated carbocycles. The number of sulfonamides is 1. The quantitative estimate of drug-likeness (QED) is 0.783. The van der Waals surface area contributed by atoms with E-state index in [1.165, 1.54) is 4.31 Å². The van der Waals surface area contributed by atoms with Crippen LogP contribution in [-0.4, -0.2) is 56.8 Å². The number of nitrogens with zero attached hydrogens (tertiary/aromatic N) is 2. The number of hydrogen-bond acceptors (Lipinski definition) is 4. The molecule has 1 aromatic carbocycles. The van der Waals surface area contributed by atoms with Gasteiger partial charge in [-0.05, 0) is 44.9 Å². The van der Waals surface area contributed by atoms with E-state index in [4.69, 9.17) is 16.3 Å². The molecular formula is C17H23ClN2O4S. The first kappa shape index (κ1) is 18.5. The first-order chi connectivity index (χ1) is 11.8.